The van der Waals surface area contributed by atoms with Gasteiger partial charge in [-0.3, -0.25) is 10.2 Å². The number of nitrogens with one attached hydrogen (secondary N) is 5. The second-order valence-electron chi connectivity index (χ2n) is 9.14. The van der Waals surface area contributed by atoms with Crippen LogP contribution in [0.3, 0.4) is 0 Å². The van der Waals surface area contributed by atoms with Gasteiger partial charge in [0.2, 0.25) is 23.8 Å². The highest BCUT2D eigenvalue weighted by molar-refractivity contribution is 8.00. The fourth-order valence-corrected chi connectivity index (χ4v) is 6.20. The Morgan fingerprint density at radius 2 is 1.84 bits per heavy atom. The van der Waals surface area contributed by atoms with Crippen LogP contribution < -0.4 is 37.4 Å². The van der Waals surface area contributed by atoms with Gasteiger partial charge in [-0.1, -0.05) is 6.42 Å². The van der Waals surface area contributed by atoms with Gasteiger partial charge in [0.15, 0.2) is 0 Å². The van der Waals surface area contributed by atoms with Gasteiger partial charge in [0, 0.05) is 41.9 Å². The lowest BCUT2D eigenvalue weighted by atomic mass is 10.0. The van der Waals surface area contributed by atoms with Crippen molar-refractivity contribution >= 4 is 52.9 Å². The molecule has 0 aliphatic carbocycles. The Hall–Kier alpha value is -3.36. The molecule has 7 N–H and O–H groups in total. The van der Waals surface area contributed by atoms with Gasteiger partial charge < -0.3 is 30.9 Å². The lowest BCUT2D eigenvalue weighted by Gasteiger charge is -2.27. The Balaban J connectivity index is 1.08. The molecule has 4 heterocycles. The molecule has 3 atom stereocenters. The molecule has 198 valence electrons. The lowest BCUT2D eigenvalue weighted by molar-refractivity contribution is -0.116. The van der Waals surface area contributed by atoms with E-state index in [0.717, 1.165) is 36.4 Å². The Bertz CT molecular complexity index is 1100. The van der Waals surface area contributed by atoms with Crippen molar-refractivity contribution in [3.63, 3.8) is 0 Å². The molecule has 14 heteroatoms. The molecule has 0 radical (unpaired) electrons. The summed E-state index contributed by atoms with van der Waals surface area (Å²) in [5.41, 5.74) is 3.97. The van der Waals surface area contributed by atoms with E-state index >= 15 is 0 Å². The fraction of sp³-hybridized carbons (Fsp3) is 0.522. The van der Waals surface area contributed by atoms with Crippen LogP contribution in [0.2, 0.25) is 0 Å². The summed E-state index contributed by atoms with van der Waals surface area (Å²) in [5.74, 6) is 7.63. The Morgan fingerprint density at radius 1 is 1.08 bits per heavy atom. The molecule has 0 unspecified atom stereocenters. The van der Waals surface area contributed by atoms with E-state index in [1.165, 1.54) is 0 Å². The molecule has 1 aromatic heterocycles. The average molecular weight is 529 g/mol. The number of unbranched alkanes of at least 4 members (excludes halogenated alkanes) is 1. The molecule has 0 saturated carbocycles. The van der Waals surface area contributed by atoms with E-state index in [1.807, 2.05) is 40.9 Å². The smallest absolute Gasteiger partial charge is 0.315 e. The van der Waals surface area contributed by atoms with Crippen LogP contribution in [-0.2, 0) is 9.53 Å². The molecule has 1 aromatic carbocycles. The molecule has 3 fully saturated rings. The van der Waals surface area contributed by atoms with Gasteiger partial charge in [-0.25, -0.2) is 10.6 Å². The van der Waals surface area contributed by atoms with Crippen LogP contribution in [0, 0.1) is 0 Å². The Morgan fingerprint density at radius 3 is 2.62 bits per heavy atom. The molecule has 37 heavy (non-hydrogen) atoms. The highest BCUT2D eigenvalue weighted by Gasteiger charge is 2.42. The van der Waals surface area contributed by atoms with Crippen molar-refractivity contribution in [3.8, 4) is 0 Å². The summed E-state index contributed by atoms with van der Waals surface area (Å²) in [5, 5.41) is 12.5. The van der Waals surface area contributed by atoms with E-state index in [2.05, 4.69) is 41.6 Å². The average Bonchev–Trinajstić information content (AvgIpc) is 3.47. The topological polar surface area (TPSA) is 171 Å². The van der Waals surface area contributed by atoms with Crippen molar-refractivity contribution in [1.29, 1.82) is 0 Å². The number of aromatic nitrogens is 3. The van der Waals surface area contributed by atoms with E-state index in [9.17, 15) is 9.59 Å². The Labute approximate surface area is 219 Å². The minimum Gasteiger partial charge on any atom is -0.378 e. The number of amides is 3. The van der Waals surface area contributed by atoms with Crippen molar-refractivity contribution in [2.24, 2.45) is 5.84 Å². The number of hydrogen-bond donors (Lipinski definition) is 6. The number of urea groups is 1. The number of rotatable bonds is 10. The normalized spacial score (nSPS) is 22.7. The highest BCUT2D eigenvalue weighted by atomic mass is 32.2. The second kappa shape index (κ2) is 11.8. The number of benzene rings is 1. The number of morpholine rings is 1. The third-order valence-electron chi connectivity index (χ3n) is 6.55. The number of ether oxygens (including phenoxy) is 1. The maximum Gasteiger partial charge on any atom is 0.315 e. The third kappa shape index (κ3) is 6.50. The van der Waals surface area contributed by atoms with Crippen LogP contribution in [0.1, 0.15) is 25.7 Å². The summed E-state index contributed by atoms with van der Waals surface area (Å²) in [7, 11) is 0. The number of nitrogen functional groups attached to an aromatic ring is 1. The molecule has 5 rings (SSSR count). The molecular weight excluding hydrogens is 496 g/mol. The minimum atomic E-state index is -0.0655. The van der Waals surface area contributed by atoms with Crippen molar-refractivity contribution < 1.29 is 14.3 Å². The standard InChI is InChI=1S/C23H32N10O3S/c24-32-21-29-20(30-22(31-21)33-9-11-36-12-10-33)26-15-7-5-14(6-8-15)25-18(34)4-2-1-3-17-19-16(13-37-17)27-23(35)28-19/h5-8,16-17,19H,1-4,9-13,24H2,(H,25,34)(H2,27,28,35)(H2,26,29,30,31,32)/t16-,17-,19-/m0/s1. The van der Waals surface area contributed by atoms with Gasteiger partial charge in [-0.05, 0) is 37.1 Å². The van der Waals surface area contributed by atoms with E-state index in [-0.39, 0.29) is 30.0 Å². The second-order valence-corrected chi connectivity index (χ2v) is 10.4. The van der Waals surface area contributed by atoms with Crippen molar-refractivity contribution in [2.75, 3.05) is 53.0 Å². The SMILES string of the molecule is NNc1nc(Nc2ccc(NC(=O)CCCC[C@@H]3SC[C@@H]4NC(=O)N[C@@H]43)cc2)nc(N2CCOCC2)n1. The molecule has 0 spiro atoms. The minimum absolute atomic E-state index is 0.0141. The van der Waals surface area contributed by atoms with E-state index in [4.69, 9.17) is 10.6 Å². The summed E-state index contributed by atoms with van der Waals surface area (Å²) in [6, 6.07) is 7.74. The quantitative estimate of drug-likeness (QED) is 0.114. The summed E-state index contributed by atoms with van der Waals surface area (Å²) in [4.78, 5) is 39.1. The predicted octanol–water partition coefficient (Wildman–Crippen LogP) is 1.40. The number of carbonyl (C=O) groups is 2. The molecule has 2 aromatic rings. The summed E-state index contributed by atoms with van der Waals surface area (Å²) < 4.78 is 5.39. The molecule has 0 bridgehead atoms. The maximum absolute atomic E-state index is 12.4. The van der Waals surface area contributed by atoms with Crippen LogP contribution in [0.15, 0.2) is 24.3 Å². The van der Waals surface area contributed by atoms with Gasteiger partial charge in [0.1, 0.15) is 0 Å². The lowest BCUT2D eigenvalue weighted by Crippen LogP contribution is -2.37. The van der Waals surface area contributed by atoms with Crippen LogP contribution >= 0.6 is 11.8 Å². The number of hydrogen-bond acceptors (Lipinski definition) is 11. The maximum atomic E-state index is 12.4. The summed E-state index contributed by atoms with van der Waals surface area (Å²) in [6.07, 6.45) is 3.21. The Kier molecular flexibility index (Phi) is 8.06. The summed E-state index contributed by atoms with van der Waals surface area (Å²) in [6.45, 7) is 2.62. The number of anilines is 5. The number of nitrogens with zero attached hydrogens (tertiary/aromatic N) is 4. The number of thioether (sulfide) groups is 1. The van der Waals surface area contributed by atoms with E-state index in [0.29, 0.717) is 49.9 Å². The molecular formula is C23H32N10O3S. The van der Waals surface area contributed by atoms with Crippen molar-refractivity contribution in [2.45, 2.75) is 43.0 Å². The van der Waals surface area contributed by atoms with Gasteiger partial charge in [0.05, 0.1) is 25.3 Å². The van der Waals surface area contributed by atoms with Crippen LogP contribution in [0.5, 0.6) is 0 Å². The van der Waals surface area contributed by atoms with Crippen molar-refractivity contribution in [1.82, 2.24) is 25.6 Å². The van der Waals surface area contributed by atoms with Crippen LogP contribution in [0.4, 0.5) is 34.0 Å². The molecule has 3 saturated heterocycles. The first kappa shape index (κ1) is 25.3. The number of carbonyl (C=O) groups excluding carboxylic acids is 2. The number of fused-ring (bicyclic) bond motifs is 1. The van der Waals surface area contributed by atoms with E-state index in [1.54, 1.807) is 0 Å². The van der Waals surface area contributed by atoms with Gasteiger partial charge in [-0.2, -0.15) is 26.7 Å². The molecule has 3 amide bonds. The van der Waals surface area contributed by atoms with Gasteiger partial charge in [0.25, 0.3) is 0 Å². The van der Waals surface area contributed by atoms with Gasteiger partial charge in [-0.15, -0.1) is 0 Å². The fourth-order valence-electron chi connectivity index (χ4n) is 4.65. The molecule has 3 aliphatic rings. The predicted molar refractivity (Wildman–Crippen MR) is 143 cm³/mol. The molecule has 3 aliphatic heterocycles. The molecule has 13 nitrogen and oxygen atoms in total. The summed E-state index contributed by atoms with van der Waals surface area (Å²) >= 11 is 1.90. The number of nitrogens with two attached hydrogens (primary N) is 1. The van der Waals surface area contributed by atoms with Crippen LogP contribution in [-0.4, -0.2) is 76.3 Å². The monoisotopic (exact) mass is 528 g/mol. The van der Waals surface area contributed by atoms with Crippen LogP contribution in [0.25, 0.3) is 0 Å². The zero-order valence-corrected chi connectivity index (χ0v) is 21.2. The third-order valence-corrected chi connectivity index (χ3v) is 8.06. The zero-order valence-electron chi connectivity index (χ0n) is 20.4. The first-order valence-electron chi connectivity index (χ1n) is 12.5. The van der Waals surface area contributed by atoms with Gasteiger partial charge >= 0.3 is 6.03 Å². The highest BCUT2D eigenvalue weighted by Crippen LogP contribution is 2.33. The first-order chi connectivity index (χ1) is 18.1. The number of hydrazine groups is 1. The first-order valence-corrected chi connectivity index (χ1v) is 13.5. The largest absolute Gasteiger partial charge is 0.378 e. The van der Waals surface area contributed by atoms with E-state index < -0.39 is 0 Å². The van der Waals surface area contributed by atoms with Crippen molar-refractivity contribution in [3.05, 3.63) is 24.3 Å². The zero-order chi connectivity index (χ0) is 25.6.